The zero-order valence-corrected chi connectivity index (χ0v) is 16.9. The SMILES string of the molecule is CCCCC(CC)COc1cc(-c2ccccc2)c(O)c(-c2ccccc2)c1. The van der Waals surface area contributed by atoms with E-state index in [1.807, 2.05) is 72.8 Å². The van der Waals surface area contributed by atoms with Crippen molar-refractivity contribution in [1.29, 1.82) is 0 Å². The molecular weight excluding hydrogens is 344 g/mol. The van der Waals surface area contributed by atoms with E-state index < -0.39 is 0 Å². The molecule has 0 saturated carbocycles. The Hall–Kier alpha value is -2.74. The van der Waals surface area contributed by atoms with Crippen LogP contribution < -0.4 is 4.74 Å². The summed E-state index contributed by atoms with van der Waals surface area (Å²) >= 11 is 0. The topological polar surface area (TPSA) is 29.5 Å². The molecule has 0 aliphatic rings. The molecular formula is C26H30O2. The maximum atomic E-state index is 11.0. The highest BCUT2D eigenvalue weighted by molar-refractivity contribution is 5.83. The average Bonchev–Trinajstić information content (AvgIpc) is 2.76. The number of unbranched alkanes of at least 4 members (excludes halogenated alkanes) is 1. The maximum Gasteiger partial charge on any atom is 0.131 e. The highest BCUT2D eigenvalue weighted by Crippen LogP contribution is 2.41. The molecule has 28 heavy (non-hydrogen) atoms. The Morgan fingerprint density at radius 1 is 0.821 bits per heavy atom. The van der Waals surface area contributed by atoms with E-state index in [1.165, 1.54) is 19.3 Å². The molecule has 3 rings (SSSR count). The summed E-state index contributed by atoms with van der Waals surface area (Å²) in [7, 11) is 0. The Morgan fingerprint density at radius 3 is 1.82 bits per heavy atom. The minimum atomic E-state index is 0.294. The van der Waals surface area contributed by atoms with Crippen molar-refractivity contribution in [3.63, 3.8) is 0 Å². The second-order valence-electron chi connectivity index (χ2n) is 7.33. The molecule has 0 bridgehead atoms. The van der Waals surface area contributed by atoms with Gasteiger partial charge in [-0.25, -0.2) is 0 Å². The summed E-state index contributed by atoms with van der Waals surface area (Å²) in [5, 5.41) is 11.0. The van der Waals surface area contributed by atoms with Gasteiger partial charge in [0.15, 0.2) is 0 Å². The predicted octanol–water partition coefficient (Wildman–Crippen LogP) is 7.32. The van der Waals surface area contributed by atoms with Gasteiger partial charge in [0.05, 0.1) is 6.61 Å². The predicted molar refractivity (Wildman–Crippen MR) is 118 cm³/mol. The van der Waals surface area contributed by atoms with Gasteiger partial charge >= 0.3 is 0 Å². The Labute approximate surface area is 168 Å². The van der Waals surface area contributed by atoms with E-state index in [1.54, 1.807) is 0 Å². The van der Waals surface area contributed by atoms with Crippen molar-refractivity contribution >= 4 is 0 Å². The van der Waals surface area contributed by atoms with Crippen LogP contribution in [0.5, 0.6) is 11.5 Å². The summed E-state index contributed by atoms with van der Waals surface area (Å²) in [4.78, 5) is 0. The largest absolute Gasteiger partial charge is 0.507 e. The molecule has 0 radical (unpaired) electrons. The summed E-state index contributed by atoms with van der Waals surface area (Å²) < 4.78 is 6.22. The molecule has 3 aromatic carbocycles. The third-order valence-corrected chi connectivity index (χ3v) is 5.28. The van der Waals surface area contributed by atoms with Crippen LogP contribution in [0.25, 0.3) is 22.3 Å². The van der Waals surface area contributed by atoms with Crippen LogP contribution in [-0.4, -0.2) is 11.7 Å². The van der Waals surface area contributed by atoms with Gasteiger partial charge in [0, 0.05) is 11.1 Å². The number of hydrogen-bond donors (Lipinski definition) is 1. The molecule has 146 valence electrons. The van der Waals surface area contributed by atoms with Crippen LogP contribution in [0.2, 0.25) is 0 Å². The molecule has 0 heterocycles. The van der Waals surface area contributed by atoms with Crippen LogP contribution in [0.4, 0.5) is 0 Å². The summed E-state index contributed by atoms with van der Waals surface area (Å²) in [6.07, 6.45) is 4.77. The van der Waals surface area contributed by atoms with Gasteiger partial charge in [0.2, 0.25) is 0 Å². The van der Waals surface area contributed by atoms with Gasteiger partial charge in [-0.3, -0.25) is 0 Å². The van der Waals surface area contributed by atoms with Crippen molar-refractivity contribution in [3.05, 3.63) is 72.8 Å². The lowest BCUT2D eigenvalue weighted by Crippen LogP contribution is -2.11. The smallest absolute Gasteiger partial charge is 0.131 e. The van der Waals surface area contributed by atoms with Gasteiger partial charge < -0.3 is 9.84 Å². The number of benzene rings is 3. The van der Waals surface area contributed by atoms with E-state index in [0.717, 1.165) is 34.4 Å². The van der Waals surface area contributed by atoms with Gasteiger partial charge in [0.25, 0.3) is 0 Å². The van der Waals surface area contributed by atoms with Crippen LogP contribution in [0.15, 0.2) is 72.8 Å². The number of aromatic hydroxyl groups is 1. The van der Waals surface area contributed by atoms with E-state index in [9.17, 15) is 5.11 Å². The standard InChI is InChI=1S/C26H30O2/c1-3-5-12-20(4-2)19-28-23-17-24(21-13-8-6-9-14-21)26(27)25(18-23)22-15-10-7-11-16-22/h6-11,13-18,20,27H,3-5,12,19H2,1-2H3. The van der Waals surface area contributed by atoms with Crippen LogP contribution in [-0.2, 0) is 0 Å². The minimum Gasteiger partial charge on any atom is -0.507 e. The Kier molecular flexibility index (Phi) is 7.13. The zero-order valence-electron chi connectivity index (χ0n) is 16.9. The maximum absolute atomic E-state index is 11.0. The Balaban J connectivity index is 1.96. The number of ether oxygens (including phenoxy) is 1. The quantitative estimate of drug-likeness (QED) is 0.425. The number of hydrogen-bond acceptors (Lipinski definition) is 2. The van der Waals surface area contributed by atoms with Gasteiger partial charge in [-0.15, -0.1) is 0 Å². The lowest BCUT2D eigenvalue weighted by atomic mass is 9.96. The molecule has 0 aliphatic carbocycles. The minimum absolute atomic E-state index is 0.294. The lowest BCUT2D eigenvalue weighted by molar-refractivity contribution is 0.233. The molecule has 0 amide bonds. The highest BCUT2D eigenvalue weighted by Gasteiger charge is 2.15. The third kappa shape index (κ3) is 4.95. The van der Waals surface area contributed by atoms with E-state index in [2.05, 4.69) is 13.8 Å². The van der Waals surface area contributed by atoms with Crippen molar-refractivity contribution in [2.75, 3.05) is 6.61 Å². The van der Waals surface area contributed by atoms with Crippen molar-refractivity contribution in [2.24, 2.45) is 5.92 Å². The molecule has 0 aliphatic heterocycles. The van der Waals surface area contributed by atoms with E-state index in [0.29, 0.717) is 18.3 Å². The van der Waals surface area contributed by atoms with Crippen LogP contribution >= 0.6 is 0 Å². The first kappa shape index (κ1) is 20.0. The van der Waals surface area contributed by atoms with E-state index >= 15 is 0 Å². The molecule has 2 nitrogen and oxygen atoms in total. The van der Waals surface area contributed by atoms with E-state index in [-0.39, 0.29) is 0 Å². The molecule has 0 spiro atoms. The van der Waals surface area contributed by atoms with Crippen LogP contribution in [0, 0.1) is 5.92 Å². The van der Waals surface area contributed by atoms with Gasteiger partial charge in [-0.05, 0) is 35.6 Å². The van der Waals surface area contributed by atoms with Crippen molar-refractivity contribution < 1.29 is 9.84 Å². The molecule has 0 saturated heterocycles. The average molecular weight is 375 g/mol. The molecule has 0 fully saturated rings. The molecule has 2 heteroatoms. The Morgan fingerprint density at radius 2 is 1.36 bits per heavy atom. The molecule has 1 unspecified atom stereocenters. The summed E-state index contributed by atoms with van der Waals surface area (Å²) in [5.41, 5.74) is 3.58. The lowest BCUT2D eigenvalue weighted by Gasteiger charge is -2.18. The highest BCUT2D eigenvalue weighted by atomic mass is 16.5. The second-order valence-corrected chi connectivity index (χ2v) is 7.33. The van der Waals surface area contributed by atoms with Crippen LogP contribution in [0.3, 0.4) is 0 Å². The van der Waals surface area contributed by atoms with Gasteiger partial charge in [0.1, 0.15) is 11.5 Å². The Bertz CT molecular complexity index is 796. The first-order valence-electron chi connectivity index (χ1n) is 10.3. The number of phenolic OH excluding ortho intramolecular Hbond substituents is 1. The fraction of sp³-hybridized carbons (Fsp3) is 0.308. The molecule has 0 aromatic heterocycles. The first-order valence-corrected chi connectivity index (χ1v) is 10.3. The molecule has 3 aromatic rings. The van der Waals surface area contributed by atoms with Crippen LogP contribution in [0.1, 0.15) is 39.5 Å². The molecule has 1 atom stereocenters. The summed E-state index contributed by atoms with van der Waals surface area (Å²) in [6, 6.07) is 23.9. The molecule has 1 N–H and O–H groups in total. The van der Waals surface area contributed by atoms with E-state index in [4.69, 9.17) is 4.74 Å². The fourth-order valence-electron chi connectivity index (χ4n) is 3.48. The van der Waals surface area contributed by atoms with Gasteiger partial charge in [-0.2, -0.15) is 0 Å². The van der Waals surface area contributed by atoms with Crippen molar-refractivity contribution in [3.8, 4) is 33.8 Å². The monoisotopic (exact) mass is 374 g/mol. The first-order chi connectivity index (χ1) is 13.7. The summed E-state index contributed by atoms with van der Waals surface area (Å²) in [6.45, 7) is 5.17. The zero-order chi connectivity index (χ0) is 19.8. The van der Waals surface area contributed by atoms with Crippen molar-refractivity contribution in [1.82, 2.24) is 0 Å². The normalized spacial score (nSPS) is 11.9. The number of phenols is 1. The summed E-state index contributed by atoms with van der Waals surface area (Å²) in [5.74, 6) is 1.67. The third-order valence-electron chi connectivity index (χ3n) is 5.28. The fourth-order valence-corrected chi connectivity index (χ4v) is 3.48. The van der Waals surface area contributed by atoms with Crippen molar-refractivity contribution in [2.45, 2.75) is 39.5 Å². The number of rotatable bonds is 9. The second kappa shape index (κ2) is 9.98. The van der Waals surface area contributed by atoms with Gasteiger partial charge in [-0.1, -0.05) is 93.8 Å².